The van der Waals surface area contributed by atoms with Gasteiger partial charge in [0.2, 0.25) is 0 Å². The number of rotatable bonds is 2. The summed E-state index contributed by atoms with van der Waals surface area (Å²) in [6, 6.07) is 8.47. The van der Waals surface area contributed by atoms with Crippen molar-refractivity contribution in [1.29, 1.82) is 0 Å². The van der Waals surface area contributed by atoms with E-state index in [1.54, 1.807) is 0 Å². The molecule has 1 unspecified atom stereocenters. The van der Waals surface area contributed by atoms with Crippen molar-refractivity contribution in [2.75, 3.05) is 11.9 Å². The zero-order valence-corrected chi connectivity index (χ0v) is 9.93. The molecule has 3 heterocycles. The lowest BCUT2D eigenvalue weighted by atomic mass is 10.1. The van der Waals surface area contributed by atoms with E-state index in [-0.39, 0.29) is 6.04 Å². The molecule has 3 rings (SSSR count). The minimum atomic E-state index is 0.271. The first-order valence-corrected chi connectivity index (χ1v) is 6.11. The summed E-state index contributed by atoms with van der Waals surface area (Å²) in [6.07, 6.45) is 3.85. The van der Waals surface area contributed by atoms with Crippen LogP contribution in [0, 0.1) is 0 Å². The van der Waals surface area contributed by atoms with E-state index in [1.807, 2.05) is 18.3 Å². The van der Waals surface area contributed by atoms with Crippen molar-refractivity contribution in [1.82, 2.24) is 14.8 Å². The maximum atomic E-state index is 4.64. The maximum absolute atomic E-state index is 4.64. The van der Waals surface area contributed by atoms with Crippen molar-refractivity contribution >= 4 is 5.82 Å². The number of pyridine rings is 1. The highest BCUT2D eigenvalue weighted by molar-refractivity contribution is 5.40. The fourth-order valence-corrected chi connectivity index (χ4v) is 2.29. The van der Waals surface area contributed by atoms with Crippen molar-refractivity contribution in [2.45, 2.75) is 25.8 Å². The van der Waals surface area contributed by atoms with Crippen LogP contribution in [0.1, 0.15) is 30.8 Å². The van der Waals surface area contributed by atoms with E-state index in [0.717, 1.165) is 36.6 Å². The molecule has 0 fully saturated rings. The molecule has 0 saturated heterocycles. The third kappa shape index (κ3) is 1.79. The summed E-state index contributed by atoms with van der Waals surface area (Å²) in [6.45, 7) is 3.11. The molecular weight excluding hydrogens is 212 g/mol. The summed E-state index contributed by atoms with van der Waals surface area (Å²) in [4.78, 5) is 4.45. The lowest BCUT2D eigenvalue weighted by Crippen LogP contribution is -2.24. The Morgan fingerprint density at radius 1 is 1.47 bits per heavy atom. The van der Waals surface area contributed by atoms with Crippen molar-refractivity contribution in [3.8, 4) is 0 Å². The zero-order valence-electron chi connectivity index (χ0n) is 9.93. The Labute approximate surface area is 101 Å². The Kier molecular flexibility index (Phi) is 2.55. The number of nitrogens with one attached hydrogen (secondary N) is 1. The Hall–Kier alpha value is -1.84. The number of nitrogens with zero attached hydrogens (tertiary/aromatic N) is 3. The van der Waals surface area contributed by atoms with Gasteiger partial charge in [-0.25, -0.2) is 4.68 Å². The molecule has 4 heteroatoms. The molecule has 1 aliphatic heterocycles. The number of hydrogen-bond acceptors (Lipinski definition) is 3. The van der Waals surface area contributed by atoms with Crippen LogP contribution >= 0.6 is 0 Å². The lowest BCUT2D eigenvalue weighted by Gasteiger charge is -2.25. The smallest absolute Gasteiger partial charge is 0.125 e. The summed E-state index contributed by atoms with van der Waals surface area (Å²) < 4.78 is 2.07. The van der Waals surface area contributed by atoms with Crippen LogP contribution in [-0.4, -0.2) is 21.3 Å². The highest BCUT2D eigenvalue weighted by Crippen LogP contribution is 2.28. The molecular formula is C13H16N4. The Morgan fingerprint density at radius 2 is 2.41 bits per heavy atom. The molecule has 0 radical (unpaired) electrons. The molecule has 0 bridgehead atoms. The molecule has 2 aromatic heterocycles. The molecule has 4 nitrogen and oxygen atoms in total. The van der Waals surface area contributed by atoms with Crippen LogP contribution in [0.2, 0.25) is 0 Å². The summed E-state index contributed by atoms with van der Waals surface area (Å²) in [7, 11) is 0. The van der Waals surface area contributed by atoms with Crippen LogP contribution in [0.3, 0.4) is 0 Å². The third-order valence-electron chi connectivity index (χ3n) is 3.20. The number of aromatic nitrogens is 3. The van der Waals surface area contributed by atoms with E-state index in [4.69, 9.17) is 0 Å². The van der Waals surface area contributed by atoms with Gasteiger partial charge in [0.15, 0.2) is 0 Å². The predicted molar refractivity (Wildman–Crippen MR) is 67.1 cm³/mol. The molecule has 0 amide bonds. The summed E-state index contributed by atoms with van der Waals surface area (Å²) in [5.74, 6) is 1.11. The van der Waals surface area contributed by atoms with Gasteiger partial charge in [0.05, 0.1) is 17.4 Å². The van der Waals surface area contributed by atoms with E-state index >= 15 is 0 Å². The Balaban J connectivity index is 2.02. The van der Waals surface area contributed by atoms with Gasteiger partial charge in [-0.3, -0.25) is 4.98 Å². The van der Waals surface area contributed by atoms with E-state index in [1.165, 1.54) is 0 Å². The van der Waals surface area contributed by atoms with Crippen LogP contribution in [0.5, 0.6) is 0 Å². The minimum absolute atomic E-state index is 0.271. The largest absolute Gasteiger partial charge is 0.370 e. The standard InChI is InChI=1S/C13H16N4/c1-2-10-9-13-15-8-6-12(17(13)16-10)11-5-3-4-7-14-11/h3-5,7,9,12,15H,2,6,8H2,1H3. The fourth-order valence-electron chi connectivity index (χ4n) is 2.29. The van der Waals surface area contributed by atoms with E-state index in [0.29, 0.717) is 0 Å². The molecule has 88 valence electrons. The van der Waals surface area contributed by atoms with Gasteiger partial charge >= 0.3 is 0 Å². The van der Waals surface area contributed by atoms with Crippen molar-refractivity contribution in [3.05, 3.63) is 41.9 Å². The van der Waals surface area contributed by atoms with Crippen molar-refractivity contribution < 1.29 is 0 Å². The molecule has 1 aliphatic rings. The molecule has 0 aliphatic carbocycles. The van der Waals surface area contributed by atoms with Gasteiger partial charge < -0.3 is 5.32 Å². The van der Waals surface area contributed by atoms with Crippen molar-refractivity contribution in [3.63, 3.8) is 0 Å². The lowest BCUT2D eigenvalue weighted by molar-refractivity contribution is 0.468. The van der Waals surface area contributed by atoms with Crippen LogP contribution in [0.25, 0.3) is 0 Å². The van der Waals surface area contributed by atoms with Gasteiger partial charge in [-0.15, -0.1) is 0 Å². The predicted octanol–water partition coefficient (Wildman–Crippen LogP) is 2.25. The first-order chi connectivity index (χ1) is 8.38. The summed E-state index contributed by atoms with van der Waals surface area (Å²) in [5.41, 5.74) is 2.23. The molecule has 17 heavy (non-hydrogen) atoms. The van der Waals surface area contributed by atoms with E-state index in [2.05, 4.69) is 39.1 Å². The highest BCUT2D eigenvalue weighted by atomic mass is 15.4. The van der Waals surface area contributed by atoms with E-state index < -0.39 is 0 Å². The topological polar surface area (TPSA) is 42.7 Å². The monoisotopic (exact) mass is 228 g/mol. The summed E-state index contributed by atoms with van der Waals surface area (Å²) in [5, 5.41) is 8.03. The SMILES string of the molecule is CCc1cc2n(n1)C(c1ccccn1)CCN2. The quantitative estimate of drug-likeness (QED) is 0.857. The first kappa shape index (κ1) is 10.3. The Morgan fingerprint density at radius 3 is 3.18 bits per heavy atom. The van der Waals surface area contributed by atoms with Gasteiger partial charge in [-0.1, -0.05) is 13.0 Å². The number of anilines is 1. The van der Waals surface area contributed by atoms with Crippen LogP contribution in [0.15, 0.2) is 30.5 Å². The second kappa shape index (κ2) is 4.20. The molecule has 1 N–H and O–H groups in total. The van der Waals surface area contributed by atoms with Crippen molar-refractivity contribution in [2.24, 2.45) is 0 Å². The minimum Gasteiger partial charge on any atom is -0.370 e. The van der Waals surface area contributed by atoms with Gasteiger partial charge in [0.1, 0.15) is 5.82 Å². The first-order valence-electron chi connectivity index (χ1n) is 6.11. The van der Waals surface area contributed by atoms with Gasteiger partial charge in [-0.2, -0.15) is 5.10 Å². The second-order valence-electron chi connectivity index (χ2n) is 4.30. The van der Waals surface area contributed by atoms with Gasteiger partial charge in [-0.05, 0) is 25.0 Å². The average molecular weight is 228 g/mol. The van der Waals surface area contributed by atoms with Crippen LogP contribution in [-0.2, 0) is 6.42 Å². The number of aryl methyl sites for hydroxylation is 1. The maximum Gasteiger partial charge on any atom is 0.125 e. The average Bonchev–Trinajstić information content (AvgIpc) is 2.82. The highest BCUT2D eigenvalue weighted by Gasteiger charge is 2.23. The zero-order chi connectivity index (χ0) is 11.7. The third-order valence-corrected chi connectivity index (χ3v) is 3.20. The normalized spacial score (nSPS) is 18.5. The second-order valence-corrected chi connectivity index (χ2v) is 4.30. The molecule has 2 aromatic rings. The summed E-state index contributed by atoms with van der Waals surface area (Å²) >= 11 is 0. The Bertz CT molecular complexity index is 503. The van der Waals surface area contributed by atoms with Gasteiger partial charge in [0.25, 0.3) is 0 Å². The number of fused-ring (bicyclic) bond motifs is 1. The molecule has 0 saturated carbocycles. The molecule has 0 spiro atoms. The van der Waals surface area contributed by atoms with Gasteiger partial charge in [0, 0.05) is 18.8 Å². The molecule has 1 atom stereocenters. The molecule has 0 aromatic carbocycles. The number of hydrogen-bond donors (Lipinski definition) is 1. The van der Waals surface area contributed by atoms with Crippen LogP contribution < -0.4 is 5.32 Å². The van der Waals surface area contributed by atoms with Crippen LogP contribution in [0.4, 0.5) is 5.82 Å². The van der Waals surface area contributed by atoms with E-state index in [9.17, 15) is 0 Å². The fraction of sp³-hybridized carbons (Fsp3) is 0.385.